The van der Waals surface area contributed by atoms with Crippen LogP contribution < -0.4 is 5.32 Å². The Morgan fingerprint density at radius 1 is 1.54 bits per heavy atom. The van der Waals surface area contributed by atoms with E-state index < -0.39 is 0 Å². The molecule has 0 bridgehead atoms. The number of aryl methyl sites for hydroxylation is 1. The van der Waals surface area contributed by atoms with Crippen molar-refractivity contribution in [2.45, 2.75) is 13.3 Å². The summed E-state index contributed by atoms with van der Waals surface area (Å²) in [6, 6.07) is 0. The molecule has 0 aromatic carbocycles. The highest BCUT2D eigenvalue weighted by Crippen LogP contribution is 2.11. The number of aromatic nitrogens is 1. The second-order valence-electron chi connectivity index (χ2n) is 2.85. The van der Waals surface area contributed by atoms with Crippen LogP contribution in [0.3, 0.4) is 0 Å². The summed E-state index contributed by atoms with van der Waals surface area (Å²) < 4.78 is 4.93. The largest absolute Gasteiger partial charge is 0.383 e. The van der Waals surface area contributed by atoms with Crippen LogP contribution in [0.2, 0.25) is 0 Å². The molecule has 3 nitrogen and oxygen atoms in total. The van der Waals surface area contributed by atoms with Gasteiger partial charge in [-0.1, -0.05) is 0 Å². The van der Waals surface area contributed by atoms with E-state index in [2.05, 4.69) is 17.2 Å². The molecule has 1 aromatic heterocycles. The summed E-state index contributed by atoms with van der Waals surface area (Å²) in [5, 5.41) is 3.31. The van der Waals surface area contributed by atoms with Crippen LogP contribution >= 0.6 is 11.3 Å². The van der Waals surface area contributed by atoms with Crippen molar-refractivity contribution in [3.8, 4) is 0 Å². The van der Waals surface area contributed by atoms with Crippen LogP contribution in [0.15, 0.2) is 5.51 Å². The molecule has 0 unspecified atom stereocenters. The van der Waals surface area contributed by atoms with Gasteiger partial charge in [0.2, 0.25) is 0 Å². The molecule has 0 aliphatic rings. The predicted octanol–water partition coefficient (Wildman–Crippen LogP) is 1.23. The fraction of sp³-hybridized carbons (Fsp3) is 0.667. The summed E-state index contributed by atoms with van der Waals surface area (Å²) in [6.07, 6.45) is 1.07. The SMILES string of the molecule is COCCNCCc1scnc1C. The minimum Gasteiger partial charge on any atom is -0.383 e. The smallest absolute Gasteiger partial charge is 0.0797 e. The molecule has 1 rings (SSSR count). The zero-order valence-electron chi connectivity index (χ0n) is 8.17. The van der Waals surface area contributed by atoms with E-state index in [1.54, 1.807) is 18.4 Å². The first-order chi connectivity index (χ1) is 6.34. The van der Waals surface area contributed by atoms with E-state index in [0.717, 1.165) is 26.1 Å². The van der Waals surface area contributed by atoms with Crippen molar-refractivity contribution in [3.63, 3.8) is 0 Å². The Balaban J connectivity index is 2.10. The second-order valence-corrected chi connectivity index (χ2v) is 3.79. The first kappa shape index (κ1) is 10.6. The van der Waals surface area contributed by atoms with E-state index in [4.69, 9.17) is 4.74 Å². The number of ether oxygens (including phenoxy) is 1. The van der Waals surface area contributed by atoms with Gasteiger partial charge in [-0.05, 0) is 13.3 Å². The van der Waals surface area contributed by atoms with Crippen LogP contribution in [-0.4, -0.2) is 31.8 Å². The Morgan fingerprint density at radius 2 is 2.38 bits per heavy atom. The molecule has 0 spiro atoms. The number of methoxy groups -OCH3 is 1. The molecular formula is C9H16N2OS. The van der Waals surface area contributed by atoms with Crippen LogP contribution in [-0.2, 0) is 11.2 Å². The van der Waals surface area contributed by atoms with Crippen molar-refractivity contribution < 1.29 is 4.74 Å². The van der Waals surface area contributed by atoms with Gasteiger partial charge in [0.1, 0.15) is 0 Å². The minimum absolute atomic E-state index is 0.779. The van der Waals surface area contributed by atoms with Crippen LogP contribution in [0.25, 0.3) is 0 Å². The lowest BCUT2D eigenvalue weighted by atomic mass is 10.3. The Hall–Kier alpha value is -0.450. The van der Waals surface area contributed by atoms with Gasteiger partial charge in [-0.25, -0.2) is 4.98 Å². The molecule has 0 amide bonds. The molecule has 0 aliphatic heterocycles. The molecule has 74 valence electrons. The molecule has 0 saturated carbocycles. The molecule has 0 aliphatic carbocycles. The molecule has 1 heterocycles. The monoisotopic (exact) mass is 200 g/mol. The standard InChI is InChI=1S/C9H16N2OS/c1-8-9(13-7-11-8)3-4-10-5-6-12-2/h7,10H,3-6H2,1-2H3. The predicted molar refractivity (Wildman–Crippen MR) is 55.3 cm³/mol. The average Bonchev–Trinajstić information content (AvgIpc) is 2.52. The van der Waals surface area contributed by atoms with E-state index in [9.17, 15) is 0 Å². The van der Waals surface area contributed by atoms with Gasteiger partial charge in [-0.15, -0.1) is 11.3 Å². The third-order valence-electron chi connectivity index (χ3n) is 1.86. The summed E-state index contributed by atoms with van der Waals surface area (Å²) in [4.78, 5) is 5.58. The van der Waals surface area contributed by atoms with Crippen LogP contribution in [0.5, 0.6) is 0 Å². The van der Waals surface area contributed by atoms with Gasteiger partial charge in [0.05, 0.1) is 17.8 Å². The number of nitrogens with one attached hydrogen (secondary N) is 1. The average molecular weight is 200 g/mol. The molecule has 4 heteroatoms. The maximum Gasteiger partial charge on any atom is 0.0797 e. The van der Waals surface area contributed by atoms with Crippen molar-refractivity contribution in [3.05, 3.63) is 16.1 Å². The van der Waals surface area contributed by atoms with Gasteiger partial charge in [0.25, 0.3) is 0 Å². The quantitative estimate of drug-likeness (QED) is 0.701. The zero-order chi connectivity index (χ0) is 9.52. The summed E-state index contributed by atoms with van der Waals surface area (Å²) in [7, 11) is 1.72. The van der Waals surface area contributed by atoms with Crippen molar-refractivity contribution >= 4 is 11.3 Å². The number of rotatable bonds is 6. The van der Waals surface area contributed by atoms with Crippen LogP contribution in [0.1, 0.15) is 10.6 Å². The Kier molecular flexibility index (Phi) is 4.97. The first-order valence-electron chi connectivity index (χ1n) is 4.43. The Bertz CT molecular complexity index is 237. The van der Waals surface area contributed by atoms with Crippen molar-refractivity contribution in [2.75, 3.05) is 26.8 Å². The first-order valence-corrected chi connectivity index (χ1v) is 5.31. The summed E-state index contributed by atoms with van der Waals surface area (Å²) >= 11 is 1.73. The van der Waals surface area contributed by atoms with Gasteiger partial charge in [-0.2, -0.15) is 0 Å². The summed E-state index contributed by atoms with van der Waals surface area (Å²) in [5.41, 5.74) is 3.07. The van der Waals surface area contributed by atoms with E-state index in [1.165, 1.54) is 10.6 Å². The topological polar surface area (TPSA) is 34.1 Å². The lowest BCUT2D eigenvalue weighted by Crippen LogP contribution is -2.21. The van der Waals surface area contributed by atoms with Crippen molar-refractivity contribution in [2.24, 2.45) is 0 Å². The fourth-order valence-corrected chi connectivity index (χ4v) is 1.85. The third kappa shape index (κ3) is 3.85. The molecule has 0 radical (unpaired) electrons. The van der Waals surface area contributed by atoms with E-state index >= 15 is 0 Å². The molecule has 0 saturated heterocycles. The number of hydrogen-bond acceptors (Lipinski definition) is 4. The normalized spacial score (nSPS) is 10.6. The second kappa shape index (κ2) is 6.07. The maximum absolute atomic E-state index is 4.93. The van der Waals surface area contributed by atoms with Crippen LogP contribution in [0, 0.1) is 6.92 Å². The highest BCUT2D eigenvalue weighted by Gasteiger charge is 1.99. The number of hydrogen-bond donors (Lipinski definition) is 1. The lowest BCUT2D eigenvalue weighted by molar-refractivity contribution is 0.199. The van der Waals surface area contributed by atoms with Crippen LogP contribution in [0.4, 0.5) is 0 Å². The van der Waals surface area contributed by atoms with Crippen molar-refractivity contribution in [1.82, 2.24) is 10.3 Å². The van der Waals surface area contributed by atoms with E-state index in [-0.39, 0.29) is 0 Å². The highest BCUT2D eigenvalue weighted by molar-refractivity contribution is 7.09. The summed E-state index contributed by atoms with van der Waals surface area (Å²) in [6.45, 7) is 4.77. The molecule has 0 fully saturated rings. The molecule has 1 aromatic rings. The lowest BCUT2D eigenvalue weighted by Gasteiger charge is -2.02. The summed E-state index contributed by atoms with van der Waals surface area (Å²) in [5.74, 6) is 0. The molecule has 1 N–H and O–H groups in total. The Labute approximate surface area is 83.1 Å². The molecular weight excluding hydrogens is 184 g/mol. The molecule has 13 heavy (non-hydrogen) atoms. The minimum atomic E-state index is 0.779. The number of thiazole rings is 1. The fourth-order valence-electron chi connectivity index (χ4n) is 1.07. The zero-order valence-corrected chi connectivity index (χ0v) is 8.99. The third-order valence-corrected chi connectivity index (χ3v) is 2.85. The Morgan fingerprint density at radius 3 is 3.00 bits per heavy atom. The van der Waals surface area contributed by atoms with Gasteiger partial charge in [0, 0.05) is 25.1 Å². The van der Waals surface area contributed by atoms with Crippen molar-refractivity contribution in [1.29, 1.82) is 0 Å². The molecule has 0 atom stereocenters. The van der Waals surface area contributed by atoms with Gasteiger partial charge in [0.15, 0.2) is 0 Å². The number of nitrogens with zero attached hydrogens (tertiary/aromatic N) is 1. The van der Waals surface area contributed by atoms with E-state index in [1.807, 2.05) is 5.51 Å². The van der Waals surface area contributed by atoms with Gasteiger partial charge < -0.3 is 10.1 Å². The highest BCUT2D eigenvalue weighted by atomic mass is 32.1. The van der Waals surface area contributed by atoms with Gasteiger partial charge in [-0.3, -0.25) is 0 Å². The van der Waals surface area contributed by atoms with E-state index in [0.29, 0.717) is 0 Å². The van der Waals surface area contributed by atoms with Gasteiger partial charge >= 0.3 is 0 Å². The maximum atomic E-state index is 4.93.